The number of aryl methyl sites for hydroxylation is 1. The van der Waals surface area contributed by atoms with Crippen LogP contribution in [-0.4, -0.2) is 50.8 Å². The first-order chi connectivity index (χ1) is 11.2. The summed E-state index contributed by atoms with van der Waals surface area (Å²) in [5.41, 5.74) is 1.03. The third-order valence-electron chi connectivity index (χ3n) is 4.10. The molecule has 1 atom stereocenters. The average Bonchev–Trinajstić information content (AvgIpc) is 2.99. The van der Waals surface area contributed by atoms with Crippen molar-refractivity contribution in [2.45, 2.75) is 26.2 Å². The minimum atomic E-state index is -0.166. The second-order valence-electron chi connectivity index (χ2n) is 6.03. The van der Waals surface area contributed by atoms with Crippen LogP contribution >= 0.6 is 24.0 Å². The summed E-state index contributed by atoms with van der Waals surface area (Å²) >= 11 is 0. The molecule has 1 aliphatic heterocycles. The molecule has 0 amide bonds. The quantitative estimate of drug-likeness (QED) is 0.301. The molecule has 1 saturated heterocycles. The van der Waals surface area contributed by atoms with Crippen molar-refractivity contribution in [1.82, 2.24) is 10.2 Å². The zero-order chi connectivity index (χ0) is 16.5. The summed E-state index contributed by atoms with van der Waals surface area (Å²) in [6.45, 7) is 6.56. The Balaban J connectivity index is 0.00000288. The molecule has 0 spiro atoms. The Morgan fingerprint density at radius 3 is 3.00 bits per heavy atom. The second-order valence-corrected chi connectivity index (χ2v) is 6.03. The number of likely N-dealkylation sites (tertiary alicyclic amines) is 1. The van der Waals surface area contributed by atoms with E-state index < -0.39 is 0 Å². The lowest BCUT2D eigenvalue weighted by molar-refractivity contribution is 0.157. The van der Waals surface area contributed by atoms with E-state index in [0.29, 0.717) is 5.92 Å². The summed E-state index contributed by atoms with van der Waals surface area (Å²) in [5, 5.41) is 3.37. The number of nitrogens with zero attached hydrogens (tertiary/aromatic N) is 2. The smallest absolute Gasteiger partial charge is 0.193 e. The van der Waals surface area contributed by atoms with Crippen molar-refractivity contribution in [2.24, 2.45) is 10.9 Å². The number of nitrogens with one attached hydrogen (secondary N) is 1. The molecule has 0 saturated carbocycles. The molecule has 2 rings (SSSR count). The maximum atomic E-state index is 13.2. The lowest BCUT2D eigenvalue weighted by Crippen LogP contribution is -2.40. The van der Waals surface area contributed by atoms with Gasteiger partial charge in [-0.05, 0) is 43.9 Å². The summed E-state index contributed by atoms with van der Waals surface area (Å²) in [6.07, 6.45) is 2.93. The molecule has 0 aromatic heterocycles. The molecule has 4 nitrogen and oxygen atoms in total. The fraction of sp³-hybridized carbons (Fsp3) is 0.611. The number of halogens is 2. The van der Waals surface area contributed by atoms with Crippen LogP contribution in [0.15, 0.2) is 29.3 Å². The van der Waals surface area contributed by atoms with Crippen LogP contribution in [0.5, 0.6) is 0 Å². The Hall–Kier alpha value is -0.890. The Bertz CT molecular complexity index is 513. The number of ether oxygens (including phenoxy) is 1. The molecule has 1 aromatic rings. The minimum Gasteiger partial charge on any atom is -0.384 e. The average molecular weight is 449 g/mol. The summed E-state index contributed by atoms with van der Waals surface area (Å²) in [6, 6.07) is 6.81. The van der Waals surface area contributed by atoms with Crippen molar-refractivity contribution in [1.29, 1.82) is 0 Å². The molecule has 136 valence electrons. The highest BCUT2D eigenvalue weighted by atomic mass is 127. The molecule has 0 aliphatic carbocycles. The van der Waals surface area contributed by atoms with Gasteiger partial charge < -0.3 is 15.0 Å². The van der Waals surface area contributed by atoms with E-state index in [1.54, 1.807) is 19.2 Å². The van der Waals surface area contributed by atoms with Crippen LogP contribution in [0, 0.1) is 11.7 Å². The molecule has 24 heavy (non-hydrogen) atoms. The van der Waals surface area contributed by atoms with Crippen molar-refractivity contribution in [2.75, 3.05) is 39.9 Å². The lowest BCUT2D eigenvalue weighted by Gasteiger charge is -2.21. The third-order valence-corrected chi connectivity index (χ3v) is 4.10. The highest BCUT2D eigenvalue weighted by Gasteiger charge is 2.24. The van der Waals surface area contributed by atoms with Gasteiger partial charge in [0.15, 0.2) is 5.96 Å². The number of guanidine groups is 1. The van der Waals surface area contributed by atoms with E-state index in [2.05, 4.69) is 17.1 Å². The van der Waals surface area contributed by atoms with Gasteiger partial charge >= 0.3 is 0 Å². The van der Waals surface area contributed by atoms with Crippen LogP contribution in [0.25, 0.3) is 0 Å². The van der Waals surface area contributed by atoms with E-state index in [-0.39, 0.29) is 29.8 Å². The van der Waals surface area contributed by atoms with Crippen LogP contribution in [0.3, 0.4) is 0 Å². The number of rotatable bonds is 7. The van der Waals surface area contributed by atoms with Gasteiger partial charge in [-0.2, -0.15) is 0 Å². The third kappa shape index (κ3) is 6.93. The van der Waals surface area contributed by atoms with Gasteiger partial charge in [-0.3, -0.25) is 4.99 Å². The van der Waals surface area contributed by atoms with Crippen molar-refractivity contribution in [3.8, 4) is 0 Å². The molecule has 1 aromatic carbocycles. The van der Waals surface area contributed by atoms with Crippen LogP contribution in [0.1, 0.15) is 25.3 Å². The van der Waals surface area contributed by atoms with Crippen molar-refractivity contribution < 1.29 is 9.13 Å². The van der Waals surface area contributed by atoms with Gasteiger partial charge in [0.05, 0.1) is 6.61 Å². The van der Waals surface area contributed by atoms with Crippen molar-refractivity contribution >= 4 is 29.9 Å². The van der Waals surface area contributed by atoms with Crippen LogP contribution in [-0.2, 0) is 11.2 Å². The minimum absolute atomic E-state index is 0. The van der Waals surface area contributed by atoms with E-state index in [9.17, 15) is 4.39 Å². The Labute approximate surface area is 161 Å². The molecule has 1 unspecified atom stereocenters. The van der Waals surface area contributed by atoms with Crippen LogP contribution in [0.2, 0.25) is 0 Å². The number of benzene rings is 1. The standard InChI is InChI=1S/C18H28FN3O.HI/c1-3-20-18(22-11-9-16(13-22)14-23-2)21-10-5-7-15-6-4-8-17(19)12-15;/h4,6,8,12,16H,3,5,7,9-11,13-14H2,1-2H3,(H,20,21);1H. The van der Waals surface area contributed by atoms with E-state index in [4.69, 9.17) is 9.73 Å². The maximum Gasteiger partial charge on any atom is 0.193 e. The fourth-order valence-corrected chi connectivity index (χ4v) is 2.98. The first kappa shape index (κ1) is 21.2. The van der Waals surface area contributed by atoms with Gasteiger partial charge in [-0.15, -0.1) is 24.0 Å². The number of methoxy groups -OCH3 is 1. The fourth-order valence-electron chi connectivity index (χ4n) is 2.98. The SMILES string of the molecule is CCNC(=NCCCc1cccc(F)c1)N1CCC(COC)C1.I. The Kier molecular flexibility index (Phi) is 10.2. The lowest BCUT2D eigenvalue weighted by atomic mass is 10.1. The van der Waals surface area contributed by atoms with Crippen molar-refractivity contribution in [3.63, 3.8) is 0 Å². The summed E-state index contributed by atoms with van der Waals surface area (Å²) in [7, 11) is 1.76. The monoisotopic (exact) mass is 449 g/mol. The zero-order valence-electron chi connectivity index (χ0n) is 14.6. The Morgan fingerprint density at radius 2 is 2.29 bits per heavy atom. The molecule has 0 radical (unpaired) electrons. The zero-order valence-corrected chi connectivity index (χ0v) is 17.0. The van der Waals surface area contributed by atoms with Gasteiger partial charge in [0.25, 0.3) is 0 Å². The first-order valence-electron chi connectivity index (χ1n) is 8.49. The Morgan fingerprint density at radius 1 is 1.46 bits per heavy atom. The highest BCUT2D eigenvalue weighted by molar-refractivity contribution is 14.0. The number of hydrogen-bond donors (Lipinski definition) is 1. The van der Waals surface area contributed by atoms with Crippen molar-refractivity contribution in [3.05, 3.63) is 35.6 Å². The molecule has 1 fully saturated rings. The summed E-state index contributed by atoms with van der Waals surface area (Å²) in [4.78, 5) is 7.04. The topological polar surface area (TPSA) is 36.9 Å². The first-order valence-corrected chi connectivity index (χ1v) is 8.49. The molecule has 1 N–H and O–H groups in total. The van der Waals surface area contributed by atoms with Gasteiger partial charge in [-0.1, -0.05) is 12.1 Å². The van der Waals surface area contributed by atoms with E-state index in [0.717, 1.165) is 63.6 Å². The largest absolute Gasteiger partial charge is 0.384 e. The van der Waals surface area contributed by atoms with Gasteiger partial charge in [-0.25, -0.2) is 4.39 Å². The highest BCUT2D eigenvalue weighted by Crippen LogP contribution is 2.16. The molecule has 1 aliphatic rings. The van der Waals surface area contributed by atoms with E-state index >= 15 is 0 Å². The second kappa shape index (κ2) is 11.6. The number of aliphatic imine (C=N–C) groups is 1. The predicted molar refractivity (Wildman–Crippen MR) is 108 cm³/mol. The van der Waals surface area contributed by atoms with Gasteiger partial charge in [0, 0.05) is 39.2 Å². The predicted octanol–water partition coefficient (Wildman–Crippen LogP) is 3.31. The molecular weight excluding hydrogens is 420 g/mol. The molecule has 1 heterocycles. The number of hydrogen-bond acceptors (Lipinski definition) is 2. The van der Waals surface area contributed by atoms with Crippen LogP contribution < -0.4 is 5.32 Å². The molecule has 6 heteroatoms. The van der Waals surface area contributed by atoms with Crippen LogP contribution in [0.4, 0.5) is 4.39 Å². The summed E-state index contributed by atoms with van der Waals surface area (Å²) < 4.78 is 18.4. The summed E-state index contributed by atoms with van der Waals surface area (Å²) in [5.74, 6) is 1.42. The maximum absolute atomic E-state index is 13.2. The van der Waals surface area contributed by atoms with Gasteiger partial charge in [0.1, 0.15) is 5.82 Å². The van der Waals surface area contributed by atoms with E-state index in [1.807, 2.05) is 6.07 Å². The van der Waals surface area contributed by atoms with E-state index in [1.165, 1.54) is 6.07 Å². The molecular formula is C18H29FIN3O. The molecule has 0 bridgehead atoms. The van der Waals surface area contributed by atoms with Gasteiger partial charge in [0.2, 0.25) is 0 Å². The normalized spacial score (nSPS) is 17.7.